The topological polar surface area (TPSA) is 130 Å². The number of halogens is 1. The second-order valence-electron chi connectivity index (χ2n) is 5.83. The number of imidazole rings is 1. The van der Waals surface area contributed by atoms with E-state index in [9.17, 15) is 15.3 Å². The van der Waals surface area contributed by atoms with Gasteiger partial charge in [-0.1, -0.05) is 0 Å². The van der Waals surface area contributed by atoms with Crippen LogP contribution in [0.25, 0.3) is 11.2 Å². The Labute approximate surface area is 124 Å². The summed E-state index contributed by atoms with van der Waals surface area (Å²) in [5.74, 6) is 0.140. The normalized spacial score (nSPS) is 37.9. The van der Waals surface area contributed by atoms with Crippen LogP contribution in [0, 0.1) is 11.3 Å². The van der Waals surface area contributed by atoms with Gasteiger partial charge in [0.25, 0.3) is 0 Å². The Kier molecular flexibility index (Phi) is 2.54. The first-order valence-electron chi connectivity index (χ1n) is 6.62. The molecule has 0 aromatic carbocycles. The second kappa shape index (κ2) is 4.04. The van der Waals surface area contributed by atoms with Crippen LogP contribution in [0.3, 0.4) is 0 Å². The van der Waals surface area contributed by atoms with Gasteiger partial charge in [0.2, 0.25) is 5.28 Å². The third kappa shape index (κ3) is 1.53. The molecule has 2 heterocycles. The number of aliphatic hydroxyl groups is 3. The van der Waals surface area contributed by atoms with Crippen molar-refractivity contribution in [1.29, 1.82) is 0 Å². The first kappa shape index (κ1) is 13.2. The molecular weight excluding hydrogens is 298 g/mol. The molecule has 2 aromatic heterocycles. The molecule has 2 aliphatic carbocycles. The van der Waals surface area contributed by atoms with Gasteiger partial charge in [0.1, 0.15) is 11.6 Å². The van der Waals surface area contributed by atoms with Gasteiger partial charge in [-0.05, 0) is 23.9 Å². The maximum Gasteiger partial charge on any atom is 0.226 e. The monoisotopic (exact) mass is 311 g/mol. The maximum atomic E-state index is 10.3. The average molecular weight is 312 g/mol. The zero-order valence-corrected chi connectivity index (χ0v) is 11.6. The van der Waals surface area contributed by atoms with Crippen LogP contribution in [0.2, 0.25) is 5.28 Å². The highest BCUT2D eigenvalue weighted by Gasteiger charge is 2.71. The van der Waals surface area contributed by atoms with E-state index in [0.29, 0.717) is 17.6 Å². The van der Waals surface area contributed by atoms with Crippen molar-refractivity contribution in [2.24, 2.45) is 11.3 Å². The molecule has 21 heavy (non-hydrogen) atoms. The number of aromatic nitrogens is 4. The Balaban J connectivity index is 1.85. The number of nitrogens with two attached hydrogens (primary N) is 1. The molecule has 0 bridgehead atoms. The summed E-state index contributed by atoms with van der Waals surface area (Å²) < 4.78 is 1.67. The molecule has 2 saturated carbocycles. The van der Waals surface area contributed by atoms with Gasteiger partial charge in [-0.25, -0.2) is 4.98 Å². The third-order valence-corrected chi connectivity index (χ3v) is 5.06. The van der Waals surface area contributed by atoms with Crippen LogP contribution in [0.15, 0.2) is 6.33 Å². The molecule has 2 aromatic rings. The number of rotatable bonds is 2. The van der Waals surface area contributed by atoms with Crippen molar-refractivity contribution in [1.82, 2.24) is 19.5 Å². The predicted octanol–water partition coefficient (Wildman–Crippen LogP) is -0.663. The van der Waals surface area contributed by atoms with Crippen LogP contribution < -0.4 is 5.73 Å². The van der Waals surface area contributed by atoms with Gasteiger partial charge in [-0.15, -0.1) is 0 Å². The van der Waals surface area contributed by atoms with Crippen molar-refractivity contribution in [3.8, 4) is 0 Å². The standard InChI is InChI=1S/C12H14ClN5O3/c13-11-16-9(14)5-10(17-11)18(3-15-5)6-4-1-12(4,2-19)8(21)7(6)20/h3-4,6-8,19-21H,1-2H2,(H2,14,16,17)/t4-,6-,7?,8?,12+/m1/s1. The minimum atomic E-state index is -0.997. The maximum absolute atomic E-state index is 10.3. The number of nitrogens with zero attached hydrogens (tertiary/aromatic N) is 4. The van der Waals surface area contributed by atoms with E-state index in [0.717, 1.165) is 0 Å². The second-order valence-corrected chi connectivity index (χ2v) is 6.17. The molecule has 4 rings (SSSR count). The van der Waals surface area contributed by atoms with Gasteiger partial charge in [0.05, 0.1) is 25.1 Å². The minimum Gasteiger partial charge on any atom is -0.396 e. The lowest BCUT2D eigenvalue weighted by Gasteiger charge is -2.23. The number of aliphatic hydroxyl groups excluding tert-OH is 3. The lowest BCUT2D eigenvalue weighted by molar-refractivity contribution is -0.0300. The summed E-state index contributed by atoms with van der Waals surface area (Å²) in [4.78, 5) is 12.1. The van der Waals surface area contributed by atoms with E-state index in [1.54, 1.807) is 4.57 Å². The van der Waals surface area contributed by atoms with Gasteiger partial charge in [0, 0.05) is 5.41 Å². The number of fused-ring (bicyclic) bond motifs is 2. The molecule has 2 unspecified atom stereocenters. The van der Waals surface area contributed by atoms with Gasteiger partial charge >= 0.3 is 0 Å². The molecule has 112 valence electrons. The van der Waals surface area contributed by atoms with E-state index >= 15 is 0 Å². The summed E-state index contributed by atoms with van der Waals surface area (Å²) >= 11 is 5.83. The van der Waals surface area contributed by atoms with E-state index in [1.165, 1.54) is 6.33 Å². The Hall–Kier alpha value is -1.48. The largest absolute Gasteiger partial charge is 0.396 e. The molecule has 0 radical (unpaired) electrons. The number of hydrogen-bond donors (Lipinski definition) is 4. The molecule has 2 aliphatic rings. The fourth-order valence-corrected chi connectivity index (χ4v) is 3.85. The van der Waals surface area contributed by atoms with Gasteiger partial charge in [-0.3, -0.25) is 0 Å². The smallest absolute Gasteiger partial charge is 0.226 e. The van der Waals surface area contributed by atoms with Crippen LogP contribution in [-0.4, -0.2) is 53.7 Å². The summed E-state index contributed by atoms with van der Waals surface area (Å²) in [6.45, 7) is -0.156. The molecule has 5 N–H and O–H groups in total. The van der Waals surface area contributed by atoms with Crippen molar-refractivity contribution in [3.05, 3.63) is 11.6 Å². The number of hydrogen-bond acceptors (Lipinski definition) is 7. The van der Waals surface area contributed by atoms with Crippen LogP contribution in [0.5, 0.6) is 0 Å². The van der Waals surface area contributed by atoms with Crippen molar-refractivity contribution in [2.45, 2.75) is 24.7 Å². The van der Waals surface area contributed by atoms with Gasteiger partial charge in [0.15, 0.2) is 11.5 Å². The molecule has 0 saturated heterocycles. The highest BCUT2D eigenvalue weighted by atomic mass is 35.5. The fraction of sp³-hybridized carbons (Fsp3) is 0.583. The highest BCUT2D eigenvalue weighted by molar-refractivity contribution is 6.28. The van der Waals surface area contributed by atoms with Crippen LogP contribution in [-0.2, 0) is 0 Å². The summed E-state index contributed by atoms with van der Waals surface area (Å²) in [6, 6.07) is -0.414. The number of nitrogen functional groups attached to an aromatic ring is 1. The summed E-state index contributed by atoms with van der Waals surface area (Å²) in [6.07, 6.45) is 0.201. The first-order valence-corrected chi connectivity index (χ1v) is 7.00. The van der Waals surface area contributed by atoms with E-state index in [4.69, 9.17) is 17.3 Å². The number of anilines is 1. The molecule has 8 nitrogen and oxygen atoms in total. The van der Waals surface area contributed by atoms with Crippen molar-refractivity contribution < 1.29 is 15.3 Å². The molecule has 5 atom stereocenters. The molecule has 0 aliphatic heterocycles. The lowest BCUT2D eigenvalue weighted by atomic mass is 10.0. The third-order valence-electron chi connectivity index (χ3n) is 4.89. The SMILES string of the molecule is Nc1nc(Cl)nc2c1ncn2[C@H]1C(O)C(O)[C@]2(CO)C[C@H]12. The highest BCUT2D eigenvalue weighted by Crippen LogP contribution is 2.67. The van der Waals surface area contributed by atoms with Crippen molar-refractivity contribution >= 4 is 28.6 Å². The average Bonchev–Trinajstić information content (AvgIpc) is 2.97. The predicted molar refractivity (Wildman–Crippen MR) is 73.4 cm³/mol. The van der Waals surface area contributed by atoms with Crippen molar-refractivity contribution in [2.75, 3.05) is 12.3 Å². The van der Waals surface area contributed by atoms with Crippen LogP contribution in [0.1, 0.15) is 12.5 Å². The molecule has 0 amide bonds. The molecule has 2 fully saturated rings. The summed E-state index contributed by atoms with van der Waals surface area (Å²) in [5.41, 5.74) is 5.97. The molecular formula is C12H14ClN5O3. The molecule has 9 heteroatoms. The van der Waals surface area contributed by atoms with Crippen LogP contribution >= 0.6 is 11.6 Å². The Morgan fingerprint density at radius 2 is 2.19 bits per heavy atom. The van der Waals surface area contributed by atoms with Gasteiger partial charge < -0.3 is 25.6 Å². The van der Waals surface area contributed by atoms with Gasteiger partial charge in [-0.2, -0.15) is 9.97 Å². The quantitative estimate of drug-likeness (QED) is 0.541. The van der Waals surface area contributed by atoms with E-state index in [1.807, 2.05) is 0 Å². The summed E-state index contributed by atoms with van der Waals surface area (Å²) in [7, 11) is 0. The van der Waals surface area contributed by atoms with E-state index < -0.39 is 23.7 Å². The van der Waals surface area contributed by atoms with E-state index in [2.05, 4.69) is 15.0 Å². The lowest BCUT2D eigenvalue weighted by Crippen LogP contribution is -2.35. The fourth-order valence-electron chi connectivity index (χ4n) is 3.68. The Bertz CT molecular complexity index is 737. The van der Waals surface area contributed by atoms with Crippen molar-refractivity contribution in [3.63, 3.8) is 0 Å². The van der Waals surface area contributed by atoms with E-state index in [-0.39, 0.29) is 23.6 Å². The Morgan fingerprint density at radius 1 is 1.43 bits per heavy atom. The zero-order valence-electron chi connectivity index (χ0n) is 10.9. The molecule has 0 spiro atoms. The minimum absolute atomic E-state index is 0.000923. The summed E-state index contributed by atoms with van der Waals surface area (Å²) in [5, 5.41) is 30.0. The first-order chi connectivity index (χ1) is 9.99. The van der Waals surface area contributed by atoms with Crippen LogP contribution in [0.4, 0.5) is 5.82 Å². The Morgan fingerprint density at radius 3 is 2.86 bits per heavy atom. The zero-order chi connectivity index (χ0) is 14.9.